The number of pyridine rings is 1. The summed E-state index contributed by atoms with van der Waals surface area (Å²) in [4.78, 5) is 17.0. The van der Waals surface area contributed by atoms with E-state index in [1.54, 1.807) is 31.2 Å². The molecule has 0 aliphatic carbocycles. The molecule has 0 aliphatic rings. The Labute approximate surface area is 161 Å². The van der Waals surface area contributed by atoms with Gasteiger partial charge in [-0.1, -0.05) is 54.1 Å². The predicted molar refractivity (Wildman–Crippen MR) is 106 cm³/mol. The smallest absolute Gasteiger partial charge is 0.271 e. The van der Waals surface area contributed by atoms with E-state index in [2.05, 4.69) is 4.99 Å². The number of rotatable bonds is 4. The number of benzene rings is 2. The van der Waals surface area contributed by atoms with Crippen molar-refractivity contribution in [2.45, 2.75) is 13.5 Å². The first-order valence-electron chi connectivity index (χ1n) is 8.22. The molecule has 2 aromatic carbocycles. The van der Waals surface area contributed by atoms with Gasteiger partial charge < -0.3 is 5.11 Å². The quantitative estimate of drug-likeness (QED) is 0.692. The van der Waals surface area contributed by atoms with Crippen LogP contribution in [0.1, 0.15) is 22.3 Å². The summed E-state index contributed by atoms with van der Waals surface area (Å²) < 4.78 is 1.18. The van der Waals surface area contributed by atoms with E-state index in [9.17, 15) is 15.2 Å². The molecule has 0 amide bonds. The minimum absolute atomic E-state index is 0.0238. The molecule has 3 rings (SSSR count). The molecular formula is C21H16ClN3O2. The van der Waals surface area contributed by atoms with Gasteiger partial charge in [0.15, 0.2) is 0 Å². The zero-order valence-corrected chi connectivity index (χ0v) is 15.3. The number of halogens is 1. The molecular weight excluding hydrogens is 362 g/mol. The topological polar surface area (TPSA) is 78.4 Å². The number of para-hydroxylation sites is 1. The van der Waals surface area contributed by atoms with Crippen LogP contribution in [-0.2, 0) is 6.54 Å². The molecule has 3 aromatic rings. The molecule has 0 unspecified atom stereocenters. The Kier molecular flexibility index (Phi) is 5.39. The van der Waals surface area contributed by atoms with E-state index < -0.39 is 5.56 Å². The van der Waals surface area contributed by atoms with Gasteiger partial charge in [-0.15, -0.1) is 0 Å². The Morgan fingerprint density at radius 2 is 1.85 bits per heavy atom. The lowest BCUT2D eigenvalue weighted by Crippen LogP contribution is -2.25. The highest BCUT2D eigenvalue weighted by atomic mass is 35.5. The van der Waals surface area contributed by atoms with Crippen LogP contribution in [0.15, 0.2) is 64.4 Å². The number of aromatic hydroxyl groups is 1. The fraction of sp³-hybridized carbons (Fsp3) is 0.0952. The Bertz CT molecular complexity index is 1110. The first kappa shape index (κ1) is 18.4. The lowest BCUT2D eigenvalue weighted by Gasteiger charge is -2.14. The summed E-state index contributed by atoms with van der Waals surface area (Å²) in [6.45, 7) is 1.76. The molecule has 5 nitrogen and oxygen atoms in total. The van der Waals surface area contributed by atoms with E-state index >= 15 is 0 Å². The van der Waals surface area contributed by atoms with Gasteiger partial charge in [0.05, 0.1) is 22.8 Å². The summed E-state index contributed by atoms with van der Waals surface area (Å²) in [7, 11) is 0. The third kappa shape index (κ3) is 3.76. The van der Waals surface area contributed by atoms with E-state index in [1.807, 2.05) is 36.4 Å². The lowest BCUT2D eigenvalue weighted by molar-refractivity contribution is 0.413. The van der Waals surface area contributed by atoms with Gasteiger partial charge in [0.2, 0.25) is 5.88 Å². The van der Waals surface area contributed by atoms with Gasteiger partial charge >= 0.3 is 0 Å². The Balaban J connectivity index is 2.14. The van der Waals surface area contributed by atoms with Crippen LogP contribution in [-0.4, -0.2) is 15.9 Å². The molecule has 0 bridgehead atoms. The van der Waals surface area contributed by atoms with Crippen molar-refractivity contribution in [3.63, 3.8) is 0 Å². The summed E-state index contributed by atoms with van der Waals surface area (Å²) in [6, 6.07) is 18.2. The van der Waals surface area contributed by atoms with Crippen LogP contribution in [0.4, 0.5) is 5.69 Å². The van der Waals surface area contributed by atoms with Crippen LogP contribution in [0.2, 0.25) is 5.02 Å². The maximum absolute atomic E-state index is 12.6. The van der Waals surface area contributed by atoms with Gasteiger partial charge in [0.1, 0.15) is 11.6 Å². The standard InChI is InChI=1S/C21H16ClN3O2/c1-14-16(11-23)20(26)25(13-15-7-3-2-4-8-15)21(27)17(14)12-24-19-10-6-5-9-18(19)22/h2-10,12,27H,13H2,1H3. The summed E-state index contributed by atoms with van der Waals surface area (Å²) in [5, 5.41) is 20.6. The summed E-state index contributed by atoms with van der Waals surface area (Å²) in [5.74, 6) is -0.240. The first-order valence-corrected chi connectivity index (χ1v) is 8.59. The maximum Gasteiger partial charge on any atom is 0.271 e. The van der Waals surface area contributed by atoms with Crippen LogP contribution >= 0.6 is 11.6 Å². The van der Waals surface area contributed by atoms with E-state index in [1.165, 1.54) is 10.8 Å². The van der Waals surface area contributed by atoms with E-state index in [0.717, 1.165) is 5.56 Å². The van der Waals surface area contributed by atoms with Crippen molar-refractivity contribution in [1.29, 1.82) is 5.26 Å². The van der Waals surface area contributed by atoms with E-state index in [4.69, 9.17) is 11.6 Å². The zero-order chi connectivity index (χ0) is 19.4. The molecule has 27 heavy (non-hydrogen) atoms. The minimum atomic E-state index is -0.536. The van der Waals surface area contributed by atoms with Crippen LogP contribution in [0.25, 0.3) is 0 Å². The van der Waals surface area contributed by atoms with Gasteiger partial charge in [-0.2, -0.15) is 5.26 Å². The molecule has 6 heteroatoms. The van der Waals surface area contributed by atoms with Gasteiger partial charge in [-0.05, 0) is 30.2 Å². The second-order valence-corrected chi connectivity index (χ2v) is 6.34. The molecule has 0 aliphatic heterocycles. The monoisotopic (exact) mass is 377 g/mol. The summed E-state index contributed by atoms with van der Waals surface area (Å²) in [6.07, 6.45) is 1.42. The molecule has 1 heterocycles. The number of hydrogen-bond donors (Lipinski definition) is 1. The highest BCUT2D eigenvalue weighted by Crippen LogP contribution is 2.26. The molecule has 0 saturated carbocycles. The number of nitriles is 1. The molecule has 0 spiro atoms. The van der Waals surface area contributed by atoms with Crippen molar-refractivity contribution in [1.82, 2.24) is 4.57 Å². The number of hydrogen-bond acceptors (Lipinski definition) is 4. The fourth-order valence-electron chi connectivity index (χ4n) is 2.73. The molecule has 0 saturated heterocycles. The normalized spacial score (nSPS) is 10.9. The van der Waals surface area contributed by atoms with Crippen molar-refractivity contribution < 1.29 is 5.11 Å². The Morgan fingerprint density at radius 3 is 2.52 bits per heavy atom. The lowest BCUT2D eigenvalue weighted by atomic mass is 10.1. The minimum Gasteiger partial charge on any atom is -0.494 e. The number of aromatic nitrogens is 1. The van der Waals surface area contributed by atoms with E-state index in [0.29, 0.717) is 21.8 Å². The molecule has 0 fully saturated rings. The average molecular weight is 378 g/mol. The molecule has 1 N–H and O–H groups in total. The number of nitrogens with zero attached hydrogens (tertiary/aromatic N) is 3. The van der Waals surface area contributed by atoms with Crippen LogP contribution in [0.3, 0.4) is 0 Å². The van der Waals surface area contributed by atoms with Crippen molar-refractivity contribution in [2.24, 2.45) is 4.99 Å². The highest BCUT2D eigenvalue weighted by molar-refractivity contribution is 6.33. The maximum atomic E-state index is 12.6. The van der Waals surface area contributed by atoms with Crippen molar-refractivity contribution in [2.75, 3.05) is 0 Å². The second-order valence-electron chi connectivity index (χ2n) is 5.94. The van der Waals surface area contributed by atoms with Crippen molar-refractivity contribution in [3.8, 4) is 11.9 Å². The third-order valence-electron chi connectivity index (χ3n) is 4.22. The van der Waals surface area contributed by atoms with Crippen molar-refractivity contribution in [3.05, 3.63) is 92.2 Å². The summed E-state index contributed by atoms with van der Waals surface area (Å²) in [5.41, 5.74) is 1.48. The van der Waals surface area contributed by atoms with Gasteiger partial charge in [0, 0.05) is 6.21 Å². The van der Waals surface area contributed by atoms with E-state index in [-0.39, 0.29) is 18.0 Å². The van der Waals surface area contributed by atoms with Gasteiger partial charge in [-0.25, -0.2) is 0 Å². The van der Waals surface area contributed by atoms with Crippen LogP contribution in [0, 0.1) is 18.3 Å². The van der Waals surface area contributed by atoms with Crippen LogP contribution < -0.4 is 5.56 Å². The Hall–Kier alpha value is -3.36. The van der Waals surface area contributed by atoms with Crippen LogP contribution in [0.5, 0.6) is 5.88 Å². The molecule has 1 aromatic heterocycles. The molecule has 0 atom stereocenters. The van der Waals surface area contributed by atoms with Crippen molar-refractivity contribution >= 4 is 23.5 Å². The fourth-order valence-corrected chi connectivity index (χ4v) is 2.91. The zero-order valence-electron chi connectivity index (χ0n) is 14.6. The first-order chi connectivity index (χ1) is 13.0. The second kappa shape index (κ2) is 7.90. The number of aliphatic imine (C=N–C) groups is 1. The van der Waals surface area contributed by atoms with Gasteiger partial charge in [0.25, 0.3) is 5.56 Å². The summed E-state index contributed by atoms with van der Waals surface area (Å²) >= 11 is 6.11. The Morgan fingerprint density at radius 1 is 1.19 bits per heavy atom. The largest absolute Gasteiger partial charge is 0.494 e. The molecule has 0 radical (unpaired) electrons. The SMILES string of the molecule is Cc1c(C=Nc2ccccc2Cl)c(O)n(Cc2ccccc2)c(=O)c1C#N. The average Bonchev–Trinajstić information content (AvgIpc) is 2.67. The van der Waals surface area contributed by atoms with Gasteiger partial charge in [-0.3, -0.25) is 14.4 Å². The predicted octanol–water partition coefficient (Wildman–Crippen LogP) is 4.19. The molecule has 134 valence electrons. The highest BCUT2D eigenvalue weighted by Gasteiger charge is 2.18. The third-order valence-corrected chi connectivity index (χ3v) is 4.53.